The maximum atomic E-state index is 11.2. The number of hydrogen-bond donors (Lipinski definition) is 2. The number of carbonyl (C=O) groups excluding carboxylic acids is 1. The lowest BCUT2D eigenvalue weighted by Crippen LogP contribution is -2.25. The molecule has 4 heteroatoms. The highest BCUT2D eigenvalue weighted by Crippen LogP contribution is 2.04. The molecule has 0 heterocycles. The minimum Gasteiger partial charge on any atom is -0.449 e. The second-order valence-corrected chi connectivity index (χ2v) is 4.09. The highest BCUT2D eigenvalue weighted by molar-refractivity contribution is 5.67. The van der Waals surface area contributed by atoms with Crippen LogP contribution in [0.2, 0.25) is 0 Å². The van der Waals surface area contributed by atoms with Gasteiger partial charge in [-0.25, -0.2) is 4.79 Å². The third-order valence-electron chi connectivity index (χ3n) is 1.96. The quantitative estimate of drug-likeness (QED) is 0.767. The van der Waals surface area contributed by atoms with Gasteiger partial charge in [0, 0.05) is 12.2 Å². The number of alkyl carbamates (subject to hydrolysis) is 1. The molecule has 0 bridgehead atoms. The molecule has 0 saturated carbocycles. The van der Waals surface area contributed by atoms with Gasteiger partial charge in [0.15, 0.2) is 0 Å². The van der Waals surface area contributed by atoms with Gasteiger partial charge in [0.1, 0.15) is 0 Å². The summed E-state index contributed by atoms with van der Waals surface area (Å²) in [5.74, 6) is 0.349. The van der Waals surface area contributed by atoms with Crippen LogP contribution in [0, 0.1) is 5.92 Å². The molecule has 16 heavy (non-hydrogen) atoms. The van der Waals surface area contributed by atoms with Gasteiger partial charge in [-0.15, -0.1) is 0 Å². The van der Waals surface area contributed by atoms with E-state index in [0.717, 1.165) is 5.56 Å². The number of amides is 1. The summed E-state index contributed by atoms with van der Waals surface area (Å²) in [6, 6.07) is 7.35. The van der Waals surface area contributed by atoms with E-state index in [4.69, 9.17) is 10.5 Å². The van der Waals surface area contributed by atoms with Gasteiger partial charge in [-0.2, -0.15) is 0 Å². The first-order valence-electron chi connectivity index (χ1n) is 5.33. The van der Waals surface area contributed by atoms with Gasteiger partial charge in [-0.1, -0.05) is 26.0 Å². The van der Waals surface area contributed by atoms with Crippen LogP contribution >= 0.6 is 0 Å². The summed E-state index contributed by atoms with van der Waals surface area (Å²) in [6.45, 7) is 4.88. The summed E-state index contributed by atoms with van der Waals surface area (Å²) in [5, 5.41) is 2.67. The van der Waals surface area contributed by atoms with Gasteiger partial charge < -0.3 is 15.8 Å². The second-order valence-electron chi connectivity index (χ2n) is 4.09. The molecule has 0 aliphatic carbocycles. The first kappa shape index (κ1) is 12.4. The zero-order valence-corrected chi connectivity index (χ0v) is 9.69. The van der Waals surface area contributed by atoms with Crippen molar-refractivity contribution in [3.8, 4) is 0 Å². The second kappa shape index (κ2) is 6.00. The number of carbonyl (C=O) groups is 1. The molecule has 0 spiro atoms. The number of anilines is 1. The average Bonchev–Trinajstić information content (AvgIpc) is 2.25. The molecule has 0 atom stereocenters. The van der Waals surface area contributed by atoms with Crippen molar-refractivity contribution < 1.29 is 9.53 Å². The Labute approximate surface area is 95.8 Å². The van der Waals surface area contributed by atoms with Gasteiger partial charge in [0.25, 0.3) is 0 Å². The van der Waals surface area contributed by atoms with Crippen molar-refractivity contribution in [2.24, 2.45) is 5.92 Å². The van der Waals surface area contributed by atoms with Crippen LogP contribution < -0.4 is 11.1 Å². The average molecular weight is 222 g/mol. The molecule has 0 aromatic heterocycles. The molecule has 88 valence electrons. The van der Waals surface area contributed by atoms with Gasteiger partial charge in [0.05, 0.1) is 6.61 Å². The van der Waals surface area contributed by atoms with E-state index in [1.54, 1.807) is 12.1 Å². The van der Waals surface area contributed by atoms with E-state index in [9.17, 15) is 4.79 Å². The molecule has 0 aliphatic heterocycles. The van der Waals surface area contributed by atoms with E-state index in [1.807, 2.05) is 26.0 Å². The number of nitrogens with two attached hydrogens (primary N) is 1. The zero-order chi connectivity index (χ0) is 12.0. The monoisotopic (exact) mass is 222 g/mol. The molecule has 1 amide bonds. The third-order valence-corrected chi connectivity index (χ3v) is 1.96. The summed E-state index contributed by atoms with van der Waals surface area (Å²) < 4.78 is 4.97. The first-order valence-corrected chi connectivity index (χ1v) is 5.33. The highest BCUT2D eigenvalue weighted by Gasteiger charge is 2.03. The fourth-order valence-corrected chi connectivity index (χ4v) is 1.10. The molecule has 0 fully saturated rings. The maximum absolute atomic E-state index is 11.2. The Morgan fingerprint density at radius 2 is 2.00 bits per heavy atom. The summed E-state index contributed by atoms with van der Waals surface area (Å²) in [7, 11) is 0. The summed E-state index contributed by atoms with van der Waals surface area (Å²) in [4.78, 5) is 11.2. The van der Waals surface area contributed by atoms with Crippen molar-refractivity contribution >= 4 is 11.8 Å². The number of rotatable bonds is 4. The number of hydrogen-bond acceptors (Lipinski definition) is 3. The minimum atomic E-state index is -0.384. The number of nitrogen functional groups attached to an aromatic ring is 1. The van der Waals surface area contributed by atoms with Crippen molar-refractivity contribution in [3.05, 3.63) is 29.8 Å². The van der Waals surface area contributed by atoms with Crippen LogP contribution in [0.25, 0.3) is 0 Å². The molecule has 3 N–H and O–H groups in total. The van der Waals surface area contributed by atoms with Crippen LogP contribution in [0.15, 0.2) is 24.3 Å². The van der Waals surface area contributed by atoms with Crippen LogP contribution in [-0.4, -0.2) is 12.7 Å². The Balaban J connectivity index is 2.29. The molecule has 4 nitrogen and oxygen atoms in total. The molecule has 0 saturated heterocycles. The van der Waals surface area contributed by atoms with Crippen molar-refractivity contribution in [1.29, 1.82) is 0 Å². The van der Waals surface area contributed by atoms with E-state index in [1.165, 1.54) is 0 Å². The Kier molecular flexibility index (Phi) is 4.64. The molecular formula is C12H18N2O2. The van der Waals surface area contributed by atoms with Gasteiger partial charge in [-0.3, -0.25) is 0 Å². The summed E-state index contributed by atoms with van der Waals surface area (Å²) >= 11 is 0. The Hall–Kier alpha value is -1.71. The third kappa shape index (κ3) is 4.68. The van der Waals surface area contributed by atoms with E-state index >= 15 is 0 Å². The Bertz CT molecular complexity index is 333. The van der Waals surface area contributed by atoms with Crippen LogP contribution in [0.3, 0.4) is 0 Å². The number of nitrogens with one attached hydrogen (secondary N) is 1. The molecule has 1 rings (SSSR count). The molecule has 0 unspecified atom stereocenters. The zero-order valence-electron chi connectivity index (χ0n) is 9.69. The molecule has 1 aromatic carbocycles. The largest absolute Gasteiger partial charge is 0.449 e. The van der Waals surface area contributed by atoms with Crippen LogP contribution in [0.5, 0.6) is 0 Å². The van der Waals surface area contributed by atoms with E-state index in [2.05, 4.69) is 5.32 Å². The van der Waals surface area contributed by atoms with Crippen molar-refractivity contribution in [2.75, 3.05) is 12.3 Å². The normalized spacial score (nSPS) is 10.2. The minimum absolute atomic E-state index is 0.349. The van der Waals surface area contributed by atoms with Crippen molar-refractivity contribution in [1.82, 2.24) is 5.32 Å². The van der Waals surface area contributed by atoms with E-state index in [0.29, 0.717) is 24.8 Å². The fraction of sp³-hybridized carbons (Fsp3) is 0.417. The summed E-state index contributed by atoms with van der Waals surface area (Å²) in [5.41, 5.74) is 7.26. The number of ether oxygens (including phenoxy) is 1. The Morgan fingerprint density at radius 3 is 2.56 bits per heavy atom. The SMILES string of the molecule is CC(C)COC(=O)NCc1ccc(N)cc1. The van der Waals surface area contributed by atoms with Crippen LogP contribution in [0.4, 0.5) is 10.5 Å². The first-order chi connectivity index (χ1) is 7.58. The van der Waals surface area contributed by atoms with E-state index in [-0.39, 0.29) is 6.09 Å². The van der Waals surface area contributed by atoms with Crippen molar-refractivity contribution in [2.45, 2.75) is 20.4 Å². The topological polar surface area (TPSA) is 64.3 Å². The van der Waals surface area contributed by atoms with Crippen LogP contribution in [-0.2, 0) is 11.3 Å². The van der Waals surface area contributed by atoms with Crippen LogP contribution in [0.1, 0.15) is 19.4 Å². The lowest BCUT2D eigenvalue weighted by Gasteiger charge is -2.08. The van der Waals surface area contributed by atoms with Crippen molar-refractivity contribution in [3.63, 3.8) is 0 Å². The van der Waals surface area contributed by atoms with Gasteiger partial charge in [0.2, 0.25) is 0 Å². The lowest BCUT2D eigenvalue weighted by atomic mass is 10.2. The smallest absolute Gasteiger partial charge is 0.407 e. The summed E-state index contributed by atoms with van der Waals surface area (Å²) in [6.07, 6.45) is -0.384. The number of benzene rings is 1. The molecule has 1 aromatic rings. The molecular weight excluding hydrogens is 204 g/mol. The molecule has 0 radical (unpaired) electrons. The Morgan fingerprint density at radius 1 is 1.38 bits per heavy atom. The lowest BCUT2D eigenvalue weighted by molar-refractivity contribution is 0.132. The molecule has 0 aliphatic rings. The predicted molar refractivity (Wildman–Crippen MR) is 63.9 cm³/mol. The van der Waals surface area contributed by atoms with Gasteiger partial charge >= 0.3 is 6.09 Å². The van der Waals surface area contributed by atoms with E-state index < -0.39 is 0 Å². The van der Waals surface area contributed by atoms with Gasteiger partial charge in [-0.05, 0) is 23.6 Å². The maximum Gasteiger partial charge on any atom is 0.407 e. The predicted octanol–water partition coefficient (Wildman–Crippen LogP) is 2.15. The standard InChI is InChI=1S/C12H18N2O2/c1-9(2)8-16-12(15)14-7-10-3-5-11(13)6-4-10/h3-6,9H,7-8,13H2,1-2H3,(H,14,15). The highest BCUT2D eigenvalue weighted by atomic mass is 16.5. The fourth-order valence-electron chi connectivity index (χ4n) is 1.10.